The second-order valence-electron chi connectivity index (χ2n) is 8.88. The van der Waals surface area contributed by atoms with E-state index in [0.717, 1.165) is 24.6 Å². The van der Waals surface area contributed by atoms with Gasteiger partial charge in [0.25, 0.3) is 11.8 Å². The van der Waals surface area contributed by atoms with Crippen LogP contribution in [-0.4, -0.2) is 65.3 Å². The number of para-hydroxylation sites is 1. The average molecular weight is 552 g/mol. The quantitative estimate of drug-likeness (QED) is 0.316. The number of rotatable bonds is 7. The van der Waals surface area contributed by atoms with Gasteiger partial charge >= 0.3 is 5.97 Å². The summed E-state index contributed by atoms with van der Waals surface area (Å²) in [4.78, 5) is 54.8. The number of carbonyl (C=O) groups excluding carboxylic acids is 4. The maximum Gasteiger partial charge on any atom is 0.338 e. The van der Waals surface area contributed by atoms with Crippen LogP contribution in [0.3, 0.4) is 0 Å². The Morgan fingerprint density at radius 1 is 1.11 bits per heavy atom. The van der Waals surface area contributed by atoms with Crippen LogP contribution in [0.5, 0.6) is 0 Å². The van der Waals surface area contributed by atoms with Gasteiger partial charge < -0.3 is 14.8 Å². The lowest BCUT2D eigenvalue weighted by molar-refractivity contribution is -0.123. The van der Waals surface area contributed by atoms with Crippen LogP contribution < -0.4 is 10.2 Å². The van der Waals surface area contributed by atoms with Crippen molar-refractivity contribution in [3.63, 3.8) is 0 Å². The molecule has 5 rings (SSSR count). The highest BCUT2D eigenvalue weighted by Crippen LogP contribution is 2.44. The van der Waals surface area contributed by atoms with Gasteiger partial charge in [-0.15, -0.1) is 0 Å². The summed E-state index contributed by atoms with van der Waals surface area (Å²) in [5.74, 6) is -1.62. The van der Waals surface area contributed by atoms with E-state index in [1.165, 1.54) is 9.80 Å². The number of thiocarbonyl (C=S) groups is 1. The van der Waals surface area contributed by atoms with Crippen molar-refractivity contribution in [3.05, 3.63) is 64.6 Å². The van der Waals surface area contributed by atoms with Gasteiger partial charge in [0.2, 0.25) is 5.91 Å². The molecule has 3 amide bonds. The molecular weight excluding hydrogens is 526 g/mol. The molecule has 0 saturated carbocycles. The minimum atomic E-state index is -0.446. The largest absolute Gasteiger partial charge is 0.462 e. The molecule has 3 heterocycles. The van der Waals surface area contributed by atoms with Gasteiger partial charge in [0.15, 0.2) is 0 Å². The molecular formula is C27H25N3O6S2. The third-order valence-electron chi connectivity index (χ3n) is 6.39. The van der Waals surface area contributed by atoms with Crippen molar-refractivity contribution in [1.82, 2.24) is 4.90 Å². The highest BCUT2D eigenvalue weighted by molar-refractivity contribution is 8.26. The summed E-state index contributed by atoms with van der Waals surface area (Å²) >= 11 is 6.58. The molecule has 2 aromatic rings. The minimum Gasteiger partial charge on any atom is -0.462 e. The van der Waals surface area contributed by atoms with E-state index in [4.69, 9.17) is 21.7 Å². The van der Waals surface area contributed by atoms with Crippen LogP contribution in [0, 0.1) is 0 Å². The number of anilines is 2. The monoisotopic (exact) mass is 551 g/mol. The van der Waals surface area contributed by atoms with Gasteiger partial charge in [-0.3, -0.25) is 24.2 Å². The fourth-order valence-corrected chi connectivity index (χ4v) is 5.95. The first-order chi connectivity index (χ1) is 18.4. The third-order valence-corrected chi connectivity index (χ3v) is 7.84. The number of nitrogens with one attached hydrogen (secondary N) is 1. The Bertz CT molecular complexity index is 1350. The molecule has 3 aliphatic rings. The summed E-state index contributed by atoms with van der Waals surface area (Å²) in [6, 6.07) is 13.4. The number of hydrogen-bond acceptors (Lipinski definition) is 8. The maximum absolute atomic E-state index is 13.6. The second kappa shape index (κ2) is 11.1. The molecule has 38 heavy (non-hydrogen) atoms. The van der Waals surface area contributed by atoms with Gasteiger partial charge in [0.1, 0.15) is 10.9 Å². The highest BCUT2D eigenvalue weighted by Gasteiger charge is 2.43. The summed E-state index contributed by atoms with van der Waals surface area (Å²) in [5.41, 5.74) is 2.22. The number of benzene rings is 2. The van der Waals surface area contributed by atoms with Crippen LogP contribution in [0.25, 0.3) is 5.57 Å². The Morgan fingerprint density at radius 3 is 2.58 bits per heavy atom. The van der Waals surface area contributed by atoms with E-state index in [9.17, 15) is 19.2 Å². The third kappa shape index (κ3) is 5.09. The van der Waals surface area contributed by atoms with Crippen molar-refractivity contribution < 1.29 is 28.7 Å². The predicted molar refractivity (Wildman–Crippen MR) is 148 cm³/mol. The van der Waals surface area contributed by atoms with Crippen molar-refractivity contribution in [2.45, 2.75) is 25.9 Å². The number of amides is 3. The van der Waals surface area contributed by atoms with Crippen molar-refractivity contribution in [1.29, 1.82) is 0 Å². The number of nitrogens with zero attached hydrogens (tertiary/aromatic N) is 2. The van der Waals surface area contributed by atoms with E-state index in [-0.39, 0.29) is 35.6 Å². The van der Waals surface area contributed by atoms with Crippen LogP contribution in [0.4, 0.5) is 11.4 Å². The summed E-state index contributed by atoms with van der Waals surface area (Å²) in [5, 5.41) is 2.75. The zero-order valence-corrected chi connectivity index (χ0v) is 22.2. The molecule has 3 aliphatic heterocycles. The van der Waals surface area contributed by atoms with E-state index in [0.29, 0.717) is 40.0 Å². The van der Waals surface area contributed by atoms with E-state index < -0.39 is 17.8 Å². The van der Waals surface area contributed by atoms with Gasteiger partial charge in [0, 0.05) is 17.9 Å². The standard InChI is InChI=1S/C27H25N3O6S2/c1-2-35-26(34)16-9-11-17(12-10-16)28-21(31)15-29-20-8-4-3-7-19(20)22(24(29)32)23-25(33)30(27(37)38-23)14-18-6-5-13-36-18/h3-4,7-12,18H,2,5-6,13-15H2,1H3,(H,28,31)/b23-22-/t18-/m0/s1. The van der Waals surface area contributed by atoms with Crippen molar-refractivity contribution in [2.24, 2.45) is 0 Å². The van der Waals surface area contributed by atoms with E-state index >= 15 is 0 Å². The normalized spacial score (nSPS) is 20.8. The highest BCUT2D eigenvalue weighted by atomic mass is 32.2. The smallest absolute Gasteiger partial charge is 0.338 e. The molecule has 2 saturated heterocycles. The number of hydrogen-bond donors (Lipinski definition) is 1. The van der Waals surface area contributed by atoms with Gasteiger partial charge in [-0.25, -0.2) is 4.79 Å². The van der Waals surface area contributed by atoms with Crippen molar-refractivity contribution >= 4 is 68.9 Å². The fraction of sp³-hybridized carbons (Fsp3) is 0.296. The molecule has 9 nitrogen and oxygen atoms in total. The Kier molecular flexibility index (Phi) is 7.59. The van der Waals surface area contributed by atoms with Crippen LogP contribution in [0.2, 0.25) is 0 Å². The molecule has 1 atom stereocenters. The van der Waals surface area contributed by atoms with Crippen LogP contribution in [0.1, 0.15) is 35.7 Å². The van der Waals surface area contributed by atoms with Gasteiger partial charge in [-0.2, -0.15) is 0 Å². The zero-order valence-electron chi connectivity index (χ0n) is 20.6. The first-order valence-corrected chi connectivity index (χ1v) is 13.5. The molecule has 2 fully saturated rings. The summed E-state index contributed by atoms with van der Waals surface area (Å²) < 4.78 is 11.0. The number of thioether (sulfide) groups is 1. The molecule has 0 spiro atoms. The number of fused-ring (bicyclic) bond motifs is 1. The SMILES string of the molecule is CCOC(=O)c1ccc(NC(=O)CN2C(=O)/C(=C3\SC(=S)N(C[C@@H]4CCCO4)C3=O)c3ccccc32)cc1. The number of carbonyl (C=O) groups is 4. The molecule has 2 aromatic carbocycles. The molecule has 0 radical (unpaired) electrons. The van der Waals surface area contributed by atoms with Gasteiger partial charge in [0.05, 0.1) is 41.0 Å². The number of ether oxygens (including phenoxy) is 2. The molecule has 1 N–H and O–H groups in total. The molecule has 11 heteroatoms. The Balaban J connectivity index is 1.34. The van der Waals surface area contributed by atoms with E-state index in [2.05, 4.69) is 5.32 Å². The zero-order chi connectivity index (χ0) is 26.8. The van der Waals surface area contributed by atoms with Crippen LogP contribution in [0.15, 0.2) is 53.4 Å². The first kappa shape index (κ1) is 26.1. The van der Waals surface area contributed by atoms with Crippen molar-refractivity contribution in [3.8, 4) is 0 Å². The topological polar surface area (TPSA) is 105 Å². The van der Waals surface area contributed by atoms with Gasteiger partial charge in [-0.1, -0.05) is 42.2 Å². The lowest BCUT2D eigenvalue weighted by Gasteiger charge is -2.18. The Morgan fingerprint density at radius 2 is 1.87 bits per heavy atom. The lowest BCUT2D eigenvalue weighted by Crippen LogP contribution is -2.36. The fourth-order valence-electron chi connectivity index (χ4n) is 4.60. The summed E-state index contributed by atoms with van der Waals surface area (Å²) in [6.45, 7) is 2.76. The van der Waals surface area contributed by atoms with Crippen molar-refractivity contribution in [2.75, 3.05) is 36.5 Å². The Hall–Kier alpha value is -3.54. The number of esters is 1. The minimum absolute atomic E-state index is 0.0695. The average Bonchev–Trinajstić information content (AvgIpc) is 3.59. The van der Waals surface area contributed by atoms with Crippen LogP contribution >= 0.6 is 24.0 Å². The van der Waals surface area contributed by atoms with E-state index in [1.54, 1.807) is 55.5 Å². The molecule has 0 aromatic heterocycles. The summed E-state index contributed by atoms with van der Waals surface area (Å²) in [6.07, 6.45) is 1.73. The van der Waals surface area contributed by atoms with Crippen LogP contribution in [-0.2, 0) is 23.9 Å². The maximum atomic E-state index is 13.6. The van der Waals surface area contributed by atoms with E-state index in [1.807, 2.05) is 0 Å². The Labute approximate surface area is 229 Å². The molecule has 0 bridgehead atoms. The van der Waals surface area contributed by atoms with Gasteiger partial charge in [-0.05, 0) is 50.1 Å². The lowest BCUT2D eigenvalue weighted by atomic mass is 10.1. The molecule has 0 unspecified atom stereocenters. The predicted octanol–water partition coefficient (Wildman–Crippen LogP) is 3.60. The first-order valence-electron chi connectivity index (χ1n) is 12.2. The second-order valence-corrected chi connectivity index (χ2v) is 10.5. The summed E-state index contributed by atoms with van der Waals surface area (Å²) in [7, 11) is 0. The molecule has 0 aliphatic carbocycles. The molecule has 196 valence electrons.